The lowest BCUT2D eigenvalue weighted by Gasteiger charge is -2.32. The van der Waals surface area contributed by atoms with Gasteiger partial charge in [-0.05, 0) is 61.9 Å². The second kappa shape index (κ2) is 8.94. The second-order valence-electron chi connectivity index (χ2n) is 8.38. The van der Waals surface area contributed by atoms with E-state index in [1.807, 2.05) is 19.9 Å². The van der Waals surface area contributed by atoms with Crippen molar-refractivity contribution in [1.29, 1.82) is 0 Å². The highest BCUT2D eigenvalue weighted by Gasteiger charge is 2.35. The standard InChI is InChI=1S/C23H26Cl2N2O4/c1-12-8-13(2)26-22(29)16(12)10-27-6-5-14-18(24)9-15(21(25)20(14)23(27)30)17(11-28)19-4-3-7-31-19/h8-9,17,19,28H,3-7,10-11H2,1-2H3,(H,26,29)/t17?,19-/m0/s1. The highest BCUT2D eigenvalue weighted by molar-refractivity contribution is 6.37. The van der Waals surface area contributed by atoms with Gasteiger partial charge in [0.1, 0.15) is 0 Å². The molecule has 31 heavy (non-hydrogen) atoms. The summed E-state index contributed by atoms with van der Waals surface area (Å²) in [6, 6.07) is 3.66. The monoisotopic (exact) mass is 464 g/mol. The van der Waals surface area contributed by atoms with Crippen molar-refractivity contribution >= 4 is 29.1 Å². The molecule has 2 aromatic rings. The molecule has 2 atom stereocenters. The van der Waals surface area contributed by atoms with Gasteiger partial charge in [-0.3, -0.25) is 9.59 Å². The van der Waals surface area contributed by atoms with Crippen LogP contribution in [0.2, 0.25) is 10.0 Å². The molecule has 1 amide bonds. The Kier molecular flexibility index (Phi) is 6.44. The van der Waals surface area contributed by atoms with Crippen LogP contribution >= 0.6 is 23.2 Å². The third kappa shape index (κ3) is 4.14. The van der Waals surface area contributed by atoms with Gasteiger partial charge in [-0.25, -0.2) is 0 Å². The molecule has 3 heterocycles. The van der Waals surface area contributed by atoms with E-state index >= 15 is 0 Å². The number of hydrogen-bond acceptors (Lipinski definition) is 4. The van der Waals surface area contributed by atoms with Crippen molar-refractivity contribution in [2.24, 2.45) is 0 Å². The Balaban J connectivity index is 1.71. The Labute approximate surface area is 191 Å². The molecular weight excluding hydrogens is 439 g/mol. The van der Waals surface area contributed by atoms with Crippen molar-refractivity contribution in [3.63, 3.8) is 0 Å². The predicted octanol–water partition coefficient (Wildman–Crippen LogP) is 3.75. The van der Waals surface area contributed by atoms with Crippen LogP contribution in [-0.4, -0.2) is 46.8 Å². The van der Waals surface area contributed by atoms with E-state index in [1.165, 1.54) is 0 Å². The van der Waals surface area contributed by atoms with Gasteiger partial charge >= 0.3 is 0 Å². The number of pyridine rings is 1. The van der Waals surface area contributed by atoms with Crippen LogP contribution in [0.15, 0.2) is 16.9 Å². The summed E-state index contributed by atoms with van der Waals surface area (Å²) in [5.74, 6) is -0.596. The first-order valence-corrected chi connectivity index (χ1v) is 11.3. The third-order valence-electron chi connectivity index (χ3n) is 6.33. The van der Waals surface area contributed by atoms with E-state index in [0.29, 0.717) is 46.3 Å². The lowest BCUT2D eigenvalue weighted by atomic mass is 9.87. The average molecular weight is 465 g/mol. The Morgan fingerprint density at radius 3 is 2.71 bits per heavy atom. The fourth-order valence-corrected chi connectivity index (χ4v) is 5.38. The van der Waals surface area contributed by atoms with Crippen LogP contribution in [-0.2, 0) is 17.7 Å². The molecule has 2 aliphatic heterocycles. The Morgan fingerprint density at radius 2 is 2.06 bits per heavy atom. The molecule has 8 heteroatoms. The Hall–Kier alpha value is -1.86. The van der Waals surface area contributed by atoms with Crippen LogP contribution in [0.4, 0.5) is 0 Å². The highest BCUT2D eigenvalue weighted by atomic mass is 35.5. The first-order valence-electron chi connectivity index (χ1n) is 10.5. The van der Waals surface area contributed by atoms with Crippen molar-refractivity contribution in [3.05, 3.63) is 66.0 Å². The number of aliphatic hydroxyl groups excluding tert-OH is 1. The number of rotatable bonds is 5. The first kappa shape index (κ1) is 22.3. The third-order valence-corrected chi connectivity index (χ3v) is 7.08. The summed E-state index contributed by atoms with van der Waals surface area (Å²) in [7, 11) is 0. The minimum absolute atomic E-state index is 0.144. The summed E-state index contributed by atoms with van der Waals surface area (Å²) < 4.78 is 5.77. The van der Waals surface area contributed by atoms with Crippen LogP contribution in [0.1, 0.15) is 57.1 Å². The van der Waals surface area contributed by atoms with Gasteiger partial charge in [0.05, 0.1) is 29.8 Å². The summed E-state index contributed by atoms with van der Waals surface area (Å²) in [4.78, 5) is 30.3. The maximum absolute atomic E-state index is 13.4. The van der Waals surface area contributed by atoms with Crippen molar-refractivity contribution in [1.82, 2.24) is 9.88 Å². The average Bonchev–Trinajstić information content (AvgIpc) is 3.24. The molecule has 0 aliphatic carbocycles. The number of carbonyl (C=O) groups is 1. The molecule has 2 N–H and O–H groups in total. The summed E-state index contributed by atoms with van der Waals surface area (Å²) >= 11 is 13.3. The minimum atomic E-state index is -0.344. The maximum atomic E-state index is 13.4. The molecule has 1 unspecified atom stereocenters. The number of fused-ring (bicyclic) bond motifs is 1. The van der Waals surface area contributed by atoms with Crippen molar-refractivity contribution < 1.29 is 14.6 Å². The molecule has 1 aromatic carbocycles. The number of aromatic nitrogens is 1. The van der Waals surface area contributed by atoms with Gasteiger partial charge < -0.3 is 19.7 Å². The summed E-state index contributed by atoms with van der Waals surface area (Å²) in [5.41, 5.74) is 3.73. The lowest BCUT2D eigenvalue weighted by Crippen LogP contribution is -2.39. The van der Waals surface area contributed by atoms with Crippen molar-refractivity contribution in [3.8, 4) is 0 Å². The van der Waals surface area contributed by atoms with Gasteiger partial charge in [0.25, 0.3) is 11.5 Å². The van der Waals surface area contributed by atoms with E-state index in [9.17, 15) is 14.7 Å². The number of amides is 1. The molecule has 6 nitrogen and oxygen atoms in total. The molecule has 166 valence electrons. The number of hydrogen-bond donors (Lipinski definition) is 2. The predicted molar refractivity (Wildman–Crippen MR) is 120 cm³/mol. The Morgan fingerprint density at radius 1 is 1.29 bits per heavy atom. The van der Waals surface area contributed by atoms with E-state index in [0.717, 1.165) is 29.7 Å². The zero-order chi connectivity index (χ0) is 22.3. The van der Waals surface area contributed by atoms with E-state index in [-0.39, 0.29) is 36.6 Å². The molecule has 0 radical (unpaired) electrons. The zero-order valence-corrected chi connectivity index (χ0v) is 19.1. The van der Waals surface area contributed by atoms with Crippen LogP contribution in [0.3, 0.4) is 0 Å². The molecule has 4 rings (SSSR count). The van der Waals surface area contributed by atoms with Gasteiger partial charge in [-0.2, -0.15) is 0 Å². The van der Waals surface area contributed by atoms with Crippen LogP contribution in [0.5, 0.6) is 0 Å². The van der Waals surface area contributed by atoms with Gasteiger partial charge in [-0.15, -0.1) is 0 Å². The number of benzene rings is 1. The number of H-pyrrole nitrogens is 1. The Bertz CT molecular complexity index is 1080. The van der Waals surface area contributed by atoms with Gasteiger partial charge in [0.15, 0.2) is 0 Å². The first-order chi connectivity index (χ1) is 14.8. The van der Waals surface area contributed by atoms with Crippen molar-refractivity contribution in [2.45, 2.75) is 51.7 Å². The fourth-order valence-electron chi connectivity index (χ4n) is 4.68. The van der Waals surface area contributed by atoms with Crippen LogP contribution < -0.4 is 5.56 Å². The number of nitrogens with one attached hydrogen (secondary N) is 1. The number of carbonyl (C=O) groups excluding carboxylic acids is 1. The van der Waals surface area contributed by atoms with Crippen LogP contribution in [0.25, 0.3) is 0 Å². The normalized spacial score (nSPS) is 19.6. The second-order valence-corrected chi connectivity index (χ2v) is 9.16. The summed E-state index contributed by atoms with van der Waals surface area (Å²) in [6.07, 6.45) is 2.15. The largest absolute Gasteiger partial charge is 0.396 e. The molecule has 1 saturated heterocycles. The van der Waals surface area contributed by atoms with Crippen molar-refractivity contribution in [2.75, 3.05) is 19.8 Å². The van der Waals surface area contributed by atoms with Gasteiger partial charge in [0.2, 0.25) is 0 Å². The summed E-state index contributed by atoms with van der Waals surface area (Å²) in [6.45, 7) is 4.85. The van der Waals surface area contributed by atoms with Gasteiger partial charge in [-0.1, -0.05) is 23.2 Å². The molecule has 0 spiro atoms. The van der Waals surface area contributed by atoms with Crippen LogP contribution in [0, 0.1) is 13.8 Å². The van der Waals surface area contributed by atoms with Gasteiger partial charge in [0, 0.05) is 35.3 Å². The smallest absolute Gasteiger partial charge is 0.256 e. The summed E-state index contributed by atoms with van der Waals surface area (Å²) in [5, 5.41) is 10.8. The number of aliphatic hydroxyl groups is 1. The fraction of sp³-hybridized carbons (Fsp3) is 0.478. The zero-order valence-electron chi connectivity index (χ0n) is 17.6. The number of aryl methyl sites for hydroxylation is 2. The molecule has 0 saturated carbocycles. The molecule has 2 aliphatic rings. The molecular formula is C23H26Cl2N2O4. The lowest BCUT2D eigenvalue weighted by molar-refractivity contribution is 0.0665. The molecule has 0 bridgehead atoms. The SMILES string of the molecule is Cc1cc(C)c(CN2CCc3c(Cl)cc(C(CO)[C@@H]4CCCO4)c(Cl)c3C2=O)c(=O)[nH]1. The maximum Gasteiger partial charge on any atom is 0.256 e. The number of aromatic amines is 1. The number of nitrogens with zero attached hydrogens (tertiary/aromatic N) is 1. The topological polar surface area (TPSA) is 82.6 Å². The van der Waals surface area contributed by atoms with E-state index in [2.05, 4.69) is 4.98 Å². The number of ether oxygens (including phenoxy) is 1. The minimum Gasteiger partial charge on any atom is -0.396 e. The van der Waals surface area contributed by atoms with E-state index in [1.54, 1.807) is 11.0 Å². The van der Waals surface area contributed by atoms with E-state index in [4.69, 9.17) is 27.9 Å². The molecule has 1 fully saturated rings. The highest BCUT2D eigenvalue weighted by Crippen LogP contribution is 2.40. The quantitative estimate of drug-likeness (QED) is 0.705. The van der Waals surface area contributed by atoms with E-state index < -0.39 is 0 Å². The molecule has 1 aromatic heterocycles. The number of halogens is 2.